The van der Waals surface area contributed by atoms with Gasteiger partial charge in [0.25, 0.3) is 0 Å². The van der Waals surface area contributed by atoms with Crippen LogP contribution in [0.3, 0.4) is 0 Å². The fraction of sp³-hybridized carbons (Fsp3) is 0.417. The minimum Gasteiger partial charge on any atom is -0.324 e. The van der Waals surface area contributed by atoms with Crippen molar-refractivity contribution in [3.05, 3.63) is 22.7 Å². The molecule has 2 atom stereocenters. The van der Waals surface area contributed by atoms with Crippen molar-refractivity contribution in [2.75, 3.05) is 5.32 Å². The molecular formula is C12H18BrN3O3S. The fourth-order valence-electron chi connectivity index (χ4n) is 1.50. The van der Waals surface area contributed by atoms with Crippen LogP contribution in [0.1, 0.15) is 20.3 Å². The molecule has 0 saturated heterocycles. The summed E-state index contributed by atoms with van der Waals surface area (Å²) < 4.78 is 22.8. The Kier molecular flexibility index (Phi) is 5.69. The molecule has 0 aliphatic heterocycles. The lowest BCUT2D eigenvalue weighted by Crippen LogP contribution is -2.40. The van der Waals surface area contributed by atoms with Crippen molar-refractivity contribution in [1.29, 1.82) is 0 Å². The van der Waals surface area contributed by atoms with E-state index in [0.29, 0.717) is 10.2 Å². The highest BCUT2D eigenvalue weighted by atomic mass is 79.9. The maximum atomic E-state index is 11.9. The molecule has 0 heterocycles. The van der Waals surface area contributed by atoms with Crippen LogP contribution >= 0.6 is 15.9 Å². The van der Waals surface area contributed by atoms with Gasteiger partial charge in [0, 0.05) is 4.47 Å². The molecule has 1 aromatic rings. The number of halogens is 1. The molecule has 1 unspecified atom stereocenters. The monoisotopic (exact) mass is 363 g/mol. The van der Waals surface area contributed by atoms with Crippen LogP contribution in [0.5, 0.6) is 0 Å². The van der Waals surface area contributed by atoms with E-state index in [4.69, 9.17) is 10.9 Å². The Morgan fingerprint density at radius 3 is 2.50 bits per heavy atom. The van der Waals surface area contributed by atoms with E-state index in [1.807, 2.05) is 13.8 Å². The first-order valence-corrected chi connectivity index (χ1v) is 8.39. The summed E-state index contributed by atoms with van der Waals surface area (Å²) in [6.07, 6.45) is 0.792. The molecule has 1 aromatic carbocycles. The summed E-state index contributed by atoms with van der Waals surface area (Å²) in [6.45, 7) is 3.85. The topological polar surface area (TPSA) is 115 Å². The van der Waals surface area contributed by atoms with Gasteiger partial charge in [-0.1, -0.05) is 20.3 Å². The molecule has 0 bridgehead atoms. The van der Waals surface area contributed by atoms with Crippen molar-refractivity contribution in [1.82, 2.24) is 0 Å². The van der Waals surface area contributed by atoms with Gasteiger partial charge in [-0.3, -0.25) is 4.79 Å². The number of anilines is 1. The van der Waals surface area contributed by atoms with Gasteiger partial charge in [0.1, 0.15) is 0 Å². The number of carbonyl (C=O) groups excluding carboxylic acids is 1. The SMILES string of the molecule is CCC(C)[C@H](N)C(=O)Nc1ccc(S(N)(=O)=O)cc1Br. The molecule has 112 valence electrons. The summed E-state index contributed by atoms with van der Waals surface area (Å²) in [5.74, 6) is -0.263. The Morgan fingerprint density at radius 1 is 1.45 bits per heavy atom. The number of benzene rings is 1. The second-order valence-electron chi connectivity index (χ2n) is 4.59. The van der Waals surface area contributed by atoms with Crippen LogP contribution in [-0.4, -0.2) is 20.4 Å². The van der Waals surface area contributed by atoms with Gasteiger partial charge in [0.15, 0.2) is 0 Å². The molecule has 1 amide bonds. The molecular weight excluding hydrogens is 346 g/mol. The molecule has 5 N–H and O–H groups in total. The minimum atomic E-state index is -3.77. The van der Waals surface area contributed by atoms with E-state index in [0.717, 1.165) is 6.42 Å². The van der Waals surface area contributed by atoms with E-state index in [2.05, 4.69) is 21.2 Å². The molecule has 0 saturated carbocycles. The maximum Gasteiger partial charge on any atom is 0.241 e. The largest absolute Gasteiger partial charge is 0.324 e. The smallest absolute Gasteiger partial charge is 0.241 e. The average Bonchev–Trinajstić information content (AvgIpc) is 2.37. The van der Waals surface area contributed by atoms with Gasteiger partial charge in [0.2, 0.25) is 15.9 Å². The zero-order valence-corrected chi connectivity index (χ0v) is 13.7. The molecule has 8 heteroatoms. The highest BCUT2D eigenvalue weighted by Gasteiger charge is 2.20. The van der Waals surface area contributed by atoms with Crippen molar-refractivity contribution >= 4 is 37.5 Å². The van der Waals surface area contributed by atoms with Crippen LogP contribution in [0.2, 0.25) is 0 Å². The lowest BCUT2D eigenvalue weighted by Gasteiger charge is -2.18. The third-order valence-electron chi connectivity index (χ3n) is 3.09. The second-order valence-corrected chi connectivity index (χ2v) is 7.00. The molecule has 0 spiro atoms. The van der Waals surface area contributed by atoms with Gasteiger partial charge in [-0.15, -0.1) is 0 Å². The van der Waals surface area contributed by atoms with Gasteiger partial charge in [0.05, 0.1) is 16.6 Å². The number of amides is 1. The molecule has 6 nitrogen and oxygen atoms in total. The first-order valence-electron chi connectivity index (χ1n) is 6.05. The maximum absolute atomic E-state index is 11.9. The van der Waals surface area contributed by atoms with Crippen LogP contribution in [-0.2, 0) is 14.8 Å². The van der Waals surface area contributed by atoms with Gasteiger partial charge < -0.3 is 11.1 Å². The van der Waals surface area contributed by atoms with Crippen molar-refractivity contribution in [3.8, 4) is 0 Å². The van der Waals surface area contributed by atoms with Crippen molar-refractivity contribution < 1.29 is 13.2 Å². The zero-order chi connectivity index (χ0) is 15.5. The van der Waals surface area contributed by atoms with Crippen LogP contribution in [0.4, 0.5) is 5.69 Å². The van der Waals surface area contributed by atoms with E-state index in [1.165, 1.54) is 18.2 Å². The summed E-state index contributed by atoms with van der Waals surface area (Å²) in [6, 6.07) is 3.50. The Balaban J connectivity index is 2.92. The summed E-state index contributed by atoms with van der Waals surface area (Å²) in [4.78, 5) is 11.9. The summed E-state index contributed by atoms with van der Waals surface area (Å²) >= 11 is 3.20. The number of sulfonamides is 1. The zero-order valence-electron chi connectivity index (χ0n) is 11.3. The highest BCUT2D eigenvalue weighted by Crippen LogP contribution is 2.25. The molecule has 20 heavy (non-hydrogen) atoms. The predicted octanol–water partition coefficient (Wildman–Crippen LogP) is 1.41. The van der Waals surface area contributed by atoms with Crippen molar-refractivity contribution in [2.45, 2.75) is 31.2 Å². The van der Waals surface area contributed by atoms with Gasteiger partial charge in [-0.2, -0.15) is 0 Å². The standard InChI is InChI=1S/C12H18BrN3O3S/c1-3-7(2)11(14)12(17)16-10-5-4-8(6-9(10)13)20(15,18)19/h4-7,11H,3,14H2,1-2H3,(H,16,17)(H2,15,18,19)/t7?,11-/m0/s1. The quantitative estimate of drug-likeness (QED) is 0.733. The number of nitrogens with two attached hydrogens (primary N) is 2. The number of carbonyl (C=O) groups is 1. The van der Waals surface area contributed by atoms with E-state index in [9.17, 15) is 13.2 Å². The number of primary sulfonamides is 1. The first-order chi connectivity index (χ1) is 9.16. The summed E-state index contributed by atoms with van der Waals surface area (Å²) in [7, 11) is -3.77. The molecule has 0 aliphatic rings. The Bertz CT molecular complexity index is 604. The fourth-order valence-corrected chi connectivity index (χ4v) is 2.67. The van der Waals surface area contributed by atoms with E-state index < -0.39 is 16.1 Å². The second kappa shape index (κ2) is 6.66. The lowest BCUT2D eigenvalue weighted by atomic mass is 9.99. The lowest BCUT2D eigenvalue weighted by molar-refractivity contribution is -0.118. The van der Waals surface area contributed by atoms with E-state index in [-0.39, 0.29) is 16.7 Å². The third kappa shape index (κ3) is 4.27. The molecule has 0 aromatic heterocycles. The molecule has 0 fully saturated rings. The molecule has 1 rings (SSSR count). The minimum absolute atomic E-state index is 0.0337. The number of rotatable bonds is 5. The Hall–Kier alpha value is -0.960. The Morgan fingerprint density at radius 2 is 2.05 bits per heavy atom. The summed E-state index contributed by atoms with van der Waals surface area (Å²) in [5, 5.41) is 7.68. The van der Waals surface area contributed by atoms with Gasteiger partial charge >= 0.3 is 0 Å². The summed E-state index contributed by atoms with van der Waals surface area (Å²) in [5.41, 5.74) is 6.27. The first kappa shape index (κ1) is 17.1. The van der Waals surface area contributed by atoms with Crippen molar-refractivity contribution in [2.24, 2.45) is 16.8 Å². The average molecular weight is 364 g/mol. The number of nitrogens with one attached hydrogen (secondary N) is 1. The van der Waals surface area contributed by atoms with E-state index >= 15 is 0 Å². The third-order valence-corrected chi connectivity index (χ3v) is 4.65. The van der Waals surface area contributed by atoms with Crippen molar-refractivity contribution in [3.63, 3.8) is 0 Å². The number of hydrogen-bond acceptors (Lipinski definition) is 4. The van der Waals surface area contributed by atoms with Gasteiger partial charge in [-0.25, -0.2) is 13.6 Å². The molecule has 0 aliphatic carbocycles. The van der Waals surface area contributed by atoms with Crippen LogP contribution in [0.15, 0.2) is 27.6 Å². The van der Waals surface area contributed by atoms with Crippen LogP contribution in [0.25, 0.3) is 0 Å². The normalized spacial score (nSPS) is 14.7. The number of hydrogen-bond donors (Lipinski definition) is 3. The van der Waals surface area contributed by atoms with E-state index in [1.54, 1.807) is 0 Å². The van der Waals surface area contributed by atoms with Crippen LogP contribution < -0.4 is 16.2 Å². The van der Waals surface area contributed by atoms with Crippen LogP contribution in [0, 0.1) is 5.92 Å². The Labute approximate surface area is 127 Å². The highest BCUT2D eigenvalue weighted by molar-refractivity contribution is 9.10. The molecule has 0 radical (unpaired) electrons. The van der Waals surface area contributed by atoms with Gasteiger partial charge in [-0.05, 0) is 40.0 Å². The predicted molar refractivity (Wildman–Crippen MR) is 81.6 cm³/mol.